The molecule has 0 aromatic rings. The van der Waals surface area contributed by atoms with Crippen molar-refractivity contribution in [3.63, 3.8) is 0 Å². The van der Waals surface area contributed by atoms with Crippen molar-refractivity contribution >= 4 is 19.7 Å². The Labute approximate surface area is 260 Å². The Morgan fingerprint density at radius 1 is 0.721 bits per heavy atom. The summed E-state index contributed by atoms with van der Waals surface area (Å²) in [4.78, 5) is 32.8. The van der Waals surface area contributed by atoms with E-state index in [-0.39, 0.29) is 32.1 Å². The number of phosphoric ester groups is 1. The molecule has 2 unspecified atom stereocenters. The lowest BCUT2D eigenvalue weighted by Crippen LogP contribution is -2.27. The van der Waals surface area contributed by atoms with E-state index in [1.54, 1.807) is 0 Å². The number of amides is 1. The van der Waals surface area contributed by atoms with Gasteiger partial charge in [0.15, 0.2) is 0 Å². The van der Waals surface area contributed by atoms with Crippen LogP contribution in [0.3, 0.4) is 0 Å². The molecule has 43 heavy (non-hydrogen) atoms. The number of aliphatic hydroxyl groups excluding tert-OH is 1. The molecule has 1 amide bonds. The van der Waals surface area contributed by atoms with Crippen LogP contribution in [-0.4, -0.2) is 54.3 Å². The Kier molecular flexibility index (Phi) is 28.6. The molecule has 0 aromatic carbocycles. The third-order valence-electron chi connectivity index (χ3n) is 6.23. The highest BCUT2D eigenvalue weighted by molar-refractivity contribution is 7.47. The molecule has 0 rings (SSSR count). The third kappa shape index (κ3) is 31.2. The second kappa shape index (κ2) is 30.0. The molecule has 0 saturated carbocycles. The van der Waals surface area contributed by atoms with Gasteiger partial charge in [0, 0.05) is 19.4 Å². The fourth-order valence-electron chi connectivity index (χ4n) is 3.81. The predicted molar refractivity (Wildman–Crippen MR) is 173 cm³/mol. The monoisotopic (exact) mass is 627 g/mol. The standard InChI is InChI=1S/C33H58NO8P/c1-3-5-6-7-8-9-10-11-12-13-14-15-16-17-18-19-20-21-22-23-24-26-32(36)34-27-28-41-43(38,39)42-30-31(35)29-40-33(37)25-4-2/h8-9,11-12,14-15,17-18,31,35H,3-7,10,13,16,19-30H2,1-2H3,(H,34,36)(H,38,39)/b9-8-,12-11-,15-14-,18-17-. The van der Waals surface area contributed by atoms with Gasteiger partial charge in [0.05, 0.1) is 13.2 Å². The van der Waals surface area contributed by atoms with Crippen LogP contribution in [-0.2, 0) is 27.9 Å². The van der Waals surface area contributed by atoms with Crippen LogP contribution in [0.2, 0.25) is 0 Å². The van der Waals surface area contributed by atoms with Crippen molar-refractivity contribution in [2.75, 3.05) is 26.4 Å². The molecule has 0 aliphatic heterocycles. The van der Waals surface area contributed by atoms with Gasteiger partial charge in [0.25, 0.3) is 0 Å². The Bertz CT molecular complexity index is 856. The molecule has 0 fully saturated rings. The van der Waals surface area contributed by atoms with Crippen LogP contribution in [0.15, 0.2) is 48.6 Å². The smallest absolute Gasteiger partial charge is 0.463 e. The van der Waals surface area contributed by atoms with Crippen LogP contribution in [0.4, 0.5) is 0 Å². The molecule has 248 valence electrons. The first-order valence-corrected chi connectivity index (χ1v) is 17.6. The first-order chi connectivity index (χ1) is 20.8. The topological polar surface area (TPSA) is 131 Å². The van der Waals surface area contributed by atoms with E-state index in [4.69, 9.17) is 13.8 Å². The van der Waals surface area contributed by atoms with Crippen LogP contribution < -0.4 is 5.32 Å². The van der Waals surface area contributed by atoms with Crippen molar-refractivity contribution < 1.29 is 37.9 Å². The molecule has 0 saturated heterocycles. The Morgan fingerprint density at radius 2 is 1.28 bits per heavy atom. The molecule has 0 radical (unpaired) electrons. The van der Waals surface area contributed by atoms with Gasteiger partial charge in [0.2, 0.25) is 5.91 Å². The quantitative estimate of drug-likeness (QED) is 0.0334. The predicted octanol–water partition coefficient (Wildman–Crippen LogP) is 7.65. The zero-order valence-electron chi connectivity index (χ0n) is 26.6. The number of carbonyl (C=O) groups excluding carboxylic acids is 2. The number of phosphoric acid groups is 1. The number of nitrogens with one attached hydrogen (secondary N) is 1. The number of hydrogen-bond acceptors (Lipinski definition) is 7. The summed E-state index contributed by atoms with van der Waals surface area (Å²) >= 11 is 0. The van der Waals surface area contributed by atoms with Crippen molar-refractivity contribution in [3.05, 3.63) is 48.6 Å². The van der Waals surface area contributed by atoms with Crippen molar-refractivity contribution in [1.82, 2.24) is 5.32 Å². The van der Waals surface area contributed by atoms with E-state index >= 15 is 0 Å². The van der Waals surface area contributed by atoms with Crippen LogP contribution in [0.5, 0.6) is 0 Å². The zero-order chi connectivity index (χ0) is 31.9. The summed E-state index contributed by atoms with van der Waals surface area (Å²) in [5.41, 5.74) is 0. The highest BCUT2D eigenvalue weighted by Crippen LogP contribution is 2.42. The fourth-order valence-corrected chi connectivity index (χ4v) is 4.57. The highest BCUT2D eigenvalue weighted by atomic mass is 31.2. The highest BCUT2D eigenvalue weighted by Gasteiger charge is 2.23. The molecule has 3 N–H and O–H groups in total. The molecule has 10 heteroatoms. The normalized spacial score (nSPS) is 14.2. The number of hydrogen-bond donors (Lipinski definition) is 3. The molecule has 2 atom stereocenters. The summed E-state index contributed by atoms with van der Waals surface area (Å²) in [7, 11) is -4.39. The lowest BCUT2D eigenvalue weighted by atomic mass is 10.1. The lowest BCUT2D eigenvalue weighted by molar-refractivity contribution is -0.147. The van der Waals surface area contributed by atoms with E-state index in [1.807, 2.05) is 6.92 Å². The Hall–Kier alpha value is -2.03. The van der Waals surface area contributed by atoms with Crippen molar-refractivity contribution in [2.45, 2.75) is 123 Å². The molecular formula is C33H58NO8P. The molecule has 0 spiro atoms. The van der Waals surface area contributed by atoms with E-state index in [9.17, 15) is 24.2 Å². The lowest BCUT2D eigenvalue weighted by Gasteiger charge is -2.15. The van der Waals surface area contributed by atoms with Gasteiger partial charge < -0.3 is 20.1 Å². The average molecular weight is 628 g/mol. The average Bonchev–Trinajstić information content (AvgIpc) is 2.98. The van der Waals surface area contributed by atoms with Gasteiger partial charge in [-0.25, -0.2) is 4.57 Å². The number of ether oxygens (including phenoxy) is 1. The van der Waals surface area contributed by atoms with E-state index < -0.39 is 26.5 Å². The number of allylic oxidation sites excluding steroid dienone is 8. The maximum absolute atomic E-state index is 11.9. The van der Waals surface area contributed by atoms with Gasteiger partial charge in [-0.05, 0) is 57.8 Å². The van der Waals surface area contributed by atoms with E-state index in [2.05, 4.69) is 60.8 Å². The fraction of sp³-hybridized carbons (Fsp3) is 0.697. The second-order valence-electron chi connectivity index (χ2n) is 10.4. The number of esters is 1. The van der Waals surface area contributed by atoms with Gasteiger partial charge >= 0.3 is 13.8 Å². The maximum Gasteiger partial charge on any atom is 0.472 e. The van der Waals surface area contributed by atoms with E-state index in [0.29, 0.717) is 12.8 Å². The molecule has 9 nitrogen and oxygen atoms in total. The minimum Gasteiger partial charge on any atom is -0.463 e. The molecule has 0 bridgehead atoms. The van der Waals surface area contributed by atoms with Crippen molar-refractivity contribution in [2.24, 2.45) is 0 Å². The first-order valence-electron chi connectivity index (χ1n) is 16.1. The van der Waals surface area contributed by atoms with Crippen LogP contribution in [0.25, 0.3) is 0 Å². The van der Waals surface area contributed by atoms with E-state index in [1.165, 1.54) is 25.7 Å². The van der Waals surface area contributed by atoms with Gasteiger partial charge in [-0.15, -0.1) is 0 Å². The van der Waals surface area contributed by atoms with Crippen molar-refractivity contribution in [1.29, 1.82) is 0 Å². The first kappa shape index (κ1) is 41.0. The van der Waals surface area contributed by atoms with Gasteiger partial charge in [-0.1, -0.05) is 94.6 Å². The van der Waals surface area contributed by atoms with Gasteiger partial charge in [-0.2, -0.15) is 0 Å². The van der Waals surface area contributed by atoms with Gasteiger partial charge in [-0.3, -0.25) is 18.6 Å². The molecular weight excluding hydrogens is 569 g/mol. The number of carbonyl (C=O) groups is 2. The molecule has 0 heterocycles. The summed E-state index contributed by atoms with van der Waals surface area (Å²) in [5, 5.41) is 12.3. The largest absolute Gasteiger partial charge is 0.472 e. The minimum absolute atomic E-state index is 0.0685. The molecule has 0 aromatic heterocycles. The Morgan fingerprint density at radius 3 is 1.88 bits per heavy atom. The third-order valence-corrected chi connectivity index (χ3v) is 7.22. The summed E-state index contributed by atoms with van der Waals surface area (Å²) in [6.45, 7) is 3.05. The second-order valence-corrected chi connectivity index (χ2v) is 11.9. The molecule has 0 aliphatic rings. The summed E-state index contributed by atoms with van der Waals surface area (Å²) in [5.74, 6) is -0.596. The van der Waals surface area contributed by atoms with Crippen LogP contribution in [0.1, 0.15) is 117 Å². The number of unbranched alkanes of at least 4 members (excludes halogenated alkanes) is 8. The van der Waals surface area contributed by atoms with Gasteiger partial charge in [0.1, 0.15) is 12.7 Å². The number of aliphatic hydroxyl groups is 1. The van der Waals surface area contributed by atoms with E-state index in [0.717, 1.165) is 57.8 Å². The summed E-state index contributed by atoms with van der Waals surface area (Å²) < 4.78 is 26.1. The number of rotatable bonds is 29. The SMILES string of the molecule is CCCCC/C=C\C/C=C\C/C=C\C/C=C\CCCCCCCC(=O)NCCOP(=O)(O)OCC(O)COC(=O)CCC. The maximum atomic E-state index is 11.9. The van der Waals surface area contributed by atoms with Crippen LogP contribution >= 0.6 is 7.82 Å². The van der Waals surface area contributed by atoms with Crippen molar-refractivity contribution in [3.8, 4) is 0 Å². The minimum atomic E-state index is -4.39. The zero-order valence-corrected chi connectivity index (χ0v) is 27.5. The summed E-state index contributed by atoms with van der Waals surface area (Å²) in [6.07, 6.45) is 32.1. The summed E-state index contributed by atoms with van der Waals surface area (Å²) in [6, 6.07) is 0. The Balaban J connectivity index is 3.61. The van der Waals surface area contributed by atoms with Crippen LogP contribution in [0, 0.1) is 0 Å². The molecule has 0 aliphatic carbocycles.